The highest BCUT2D eigenvalue weighted by Crippen LogP contribution is 2.37. The van der Waals surface area contributed by atoms with Crippen molar-refractivity contribution in [3.8, 4) is 0 Å². The number of fused-ring (bicyclic) bond motifs is 1. The van der Waals surface area contributed by atoms with Gasteiger partial charge in [0.15, 0.2) is 6.54 Å². The van der Waals surface area contributed by atoms with Gasteiger partial charge in [0.2, 0.25) is 0 Å². The van der Waals surface area contributed by atoms with E-state index in [1.807, 2.05) is 0 Å². The van der Waals surface area contributed by atoms with E-state index in [9.17, 15) is 18.1 Å². The fourth-order valence-electron chi connectivity index (χ4n) is 2.36. The molecular weight excluding hydrogens is 243 g/mol. The average Bonchev–Trinajstić information content (AvgIpc) is 2.48. The zero-order valence-electron chi connectivity index (χ0n) is 10.2. The summed E-state index contributed by atoms with van der Waals surface area (Å²) in [6.45, 7) is 1.97. The zero-order chi connectivity index (χ0) is 13.3. The molecular formula is C13H15F3NO+. The Hall–Kier alpha value is -1.39. The topological polar surface area (TPSA) is 20.1 Å². The molecule has 0 atom stereocenters. The van der Waals surface area contributed by atoms with Crippen molar-refractivity contribution >= 4 is 5.69 Å². The molecule has 0 aliphatic carbocycles. The number of nitroso groups, excluding NO2 is 1. The van der Waals surface area contributed by atoms with Crippen molar-refractivity contribution in [1.82, 2.24) is 0 Å². The van der Waals surface area contributed by atoms with Gasteiger partial charge in [0.25, 0.3) is 5.69 Å². The molecule has 98 valence electrons. The van der Waals surface area contributed by atoms with Crippen molar-refractivity contribution in [3.63, 3.8) is 0 Å². The second-order valence-corrected chi connectivity index (χ2v) is 4.55. The van der Waals surface area contributed by atoms with E-state index < -0.39 is 11.7 Å². The molecule has 0 unspecified atom stereocenters. The van der Waals surface area contributed by atoms with Crippen LogP contribution < -0.4 is 0 Å². The lowest BCUT2D eigenvalue weighted by atomic mass is 9.97. The second kappa shape index (κ2) is 4.71. The maximum absolute atomic E-state index is 12.9. The van der Waals surface area contributed by atoms with Crippen LogP contribution in [0.4, 0.5) is 18.9 Å². The summed E-state index contributed by atoms with van der Waals surface area (Å²) in [6.07, 6.45) is -1.82. The van der Waals surface area contributed by atoms with Gasteiger partial charge >= 0.3 is 6.18 Å². The number of halogens is 3. The number of alkyl halides is 3. The molecule has 0 spiro atoms. The fourth-order valence-corrected chi connectivity index (χ4v) is 2.36. The molecule has 2 nitrogen and oxygen atoms in total. The number of hydrogen-bond acceptors (Lipinski definition) is 1. The molecule has 1 heterocycles. The van der Waals surface area contributed by atoms with Crippen molar-refractivity contribution in [1.29, 1.82) is 0 Å². The molecule has 0 fully saturated rings. The fraction of sp³-hybridized carbons (Fsp3) is 0.538. The van der Waals surface area contributed by atoms with Gasteiger partial charge in [0.05, 0.1) is 5.56 Å². The first kappa shape index (κ1) is 13.1. The molecule has 0 aromatic heterocycles. The molecule has 1 aromatic carbocycles. The Morgan fingerprint density at radius 2 is 2.00 bits per heavy atom. The maximum Gasteiger partial charge on any atom is 0.416 e. The van der Waals surface area contributed by atoms with Crippen LogP contribution in [0.2, 0.25) is 0 Å². The van der Waals surface area contributed by atoms with E-state index in [-0.39, 0.29) is 17.8 Å². The molecule has 0 saturated carbocycles. The van der Waals surface area contributed by atoms with Crippen LogP contribution in [0.25, 0.3) is 0 Å². The van der Waals surface area contributed by atoms with Crippen LogP contribution in [0, 0.1) is 4.91 Å². The summed E-state index contributed by atoms with van der Waals surface area (Å²) in [5, 5.41) is 0. The lowest BCUT2D eigenvalue weighted by Gasteiger charge is -2.13. The molecule has 0 amide bonds. The van der Waals surface area contributed by atoms with Gasteiger partial charge in [-0.2, -0.15) is 13.2 Å². The third kappa shape index (κ3) is 2.40. The smallest absolute Gasteiger partial charge is 0.166 e. The summed E-state index contributed by atoms with van der Waals surface area (Å²) in [4.78, 5) is 11.7. The highest BCUT2D eigenvalue weighted by Gasteiger charge is 2.36. The molecule has 1 aliphatic rings. The van der Waals surface area contributed by atoms with E-state index in [2.05, 4.69) is 0 Å². The van der Waals surface area contributed by atoms with Gasteiger partial charge in [-0.3, -0.25) is 0 Å². The molecule has 5 heteroatoms. The van der Waals surface area contributed by atoms with Crippen LogP contribution in [-0.4, -0.2) is 11.3 Å². The molecule has 0 saturated heterocycles. The van der Waals surface area contributed by atoms with Crippen LogP contribution in [0.3, 0.4) is 0 Å². The normalized spacial score (nSPS) is 16.3. The van der Waals surface area contributed by atoms with E-state index in [0.29, 0.717) is 17.6 Å². The highest BCUT2D eigenvalue weighted by molar-refractivity contribution is 5.48. The molecule has 18 heavy (non-hydrogen) atoms. The van der Waals surface area contributed by atoms with E-state index in [1.54, 1.807) is 13.0 Å². The average molecular weight is 258 g/mol. The zero-order valence-corrected chi connectivity index (χ0v) is 10.2. The predicted molar refractivity (Wildman–Crippen MR) is 61.9 cm³/mol. The van der Waals surface area contributed by atoms with Gasteiger partial charge < -0.3 is 0 Å². The largest absolute Gasteiger partial charge is 0.416 e. The number of benzene rings is 1. The van der Waals surface area contributed by atoms with Crippen LogP contribution >= 0.6 is 0 Å². The van der Waals surface area contributed by atoms with Gasteiger partial charge in [0.1, 0.15) is 0 Å². The molecule has 1 aliphatic heterocycles. The Kier molecular flexibility index (Phi) is 3.41. The molecule has 0 radical (unpaired) electrons. The molecule has 0 bridgehead atoms. The second-order valence-electron chi connectivity index (χ2n) is 4.55. The third-order valence-corrected chi connectivity index (χ3v) is 3.32. The van der Waals surface area contributed by atoms with Gasteiger partial charge in [-0.25, -0.2) is 0 Å². The lowest BCUT2D eigenvalue weighted by molar-refractivity contribution is -0.462. The number of hydrogen-bond donors (Lipinski definition) is 0. The van der Waals surface area contributed by atoms with E-state index >= 15 is 0 Å². The minimum absolute atomic E-state index is 0.192. The van der Waals surface area contributed by atoms with Gasteiger partial charge in [-0.05, 0) is 30.9 Å². The summed E-state index contributed by atoms with van der Waals surface area (Å²) in [5.74, 6) is 0. The molecule has 0 N–H and O–H groups in total. The first-order chi connectivity index (χ1) is 8.43. The van der Waals surface area contributed by atoms with Crippen LogP contribution in [0.5, 0.6) is 0 Å². The minimum Gasteiger partial charge on any atom is -0.166 e. The maximum atomic E-state index is 12.9. The first-order valence-corrected chi connectivity index (χ1v) is 6.11. The Labute approximate surface area is 103 Å². The quantitative estimate of drug-likeness (QED) is 0.697. The number of nitrogens with zero attached hydrogens (tertiary/aromatic N) is 1. The van der Waals surface area contributed by atoms with Crippen molar-refractivity contribution in [2.75, 3.05) is 6.54 Å². The van der Waals surface area contributed by atoms with Crippen molar-refractivity contribution in [2.24, 2.45) is 0 Å². The van der Waals surface area contributed by atoms with Gasteiger partial charge in [-0.1, -0.05) is 6.92 Å². The lowest BCUT2D eigenvalue weighted by Crippen LogP contribution is -2.11. The third-order valence-electron chi connectivity index (χ3n) is 3.32. The summed E-state index contributed by atoms with van der Waals surface area (Å²) in [6, 6.07) is 2.57. The number of aryl methyl sites for hydroxylation is 2. The van der Waals surface area contributed by atoms with Crippen LogP contribution in [0.15, 0.2) is 12.1 Å². The molecule has 1 aromatic rings. The van der Waals surface area contributed by atoms with Gasteiger partial charge in [-0.15, -0.1) is 0 Å². The van der Waals surface area contributed by atoms with Crippen LogP contribution in [0.1, 0.15) is 36.5 Å². The SMILES string of the molecule is CCc1cc2c(cc1C(F)(F)F)[N+](=O)CCCC2. The Balaban J connectivity index is 2.60. The Morgan fingerprint density at radius 3 is 2.61 bits per heavy atom. The minimum atomic E-state index is -4.40. The van der Waals surface area contributed by atoms with Crippen molar-refractivity contribution in [2.45, 2.75) is 38.8 Å². The Morgan fingerprint density at radius 1 is 1.28 bits per heavy atom. The predicted octanol–water partition coefficient (Wildman–Crippen LogP) is 4.01. The van der Waals surface area contributed by atoms with E-state index in [4.69, 9.17) is 0 Å². The van der Waals surface area contributed by atoms with Crippen molar-refractivity contribution in [3.05, 3.63) is 33.7 Å². The van der Waals surface area contributed by atoms with Crippen molar-refractivity contribution < 1.29 is 17.9 Å². The monoisotopic (exact) mass is 258 g/mol. The molecule has 2 rings (SSSR count). The van der Waals surface area contributed by atoms with Crippen LogP contribution in [-0.2, 0) is 19.0 Å². The summed E-state index contributed by atoms with van der Waals surface area (Å²) in [5.41, 5.74) is 0.535. The highest BCUT2D eigenvalue weighted by atomic mass is 19.4. The first-order valence-electron chi connectivity index (χ1n) is 6.11. The Bertz CT molecular complexity index is 480. The summed E-state index contributed by atoms with van der Waals surface area (Å²) in [7, 11) is 0. The number of rotatable bonds is 1. The standard InChI is InChI=1S/C13H15F3NO/c1-2-9-7-10-5-3-4-6-17(18)12(10)8-11(9)13(14,15)16/h7-8H,2-6H2,1H3/q+1. The van der Waals surface area contributed by atoms with Gasteiger partial charge in [0, 0.05) is 27.7 Å². The summed E-state index contributed by atoms with van der Waals surface area (Å²) < 4.78 is 39.4. The van der Waals surface area contributed by atoms with E-state index in [1.165, 1.54) is 0 Å². The van der Waals surface area contributed by atoms with E-state index in [0.717, 1.165) is 24.5 Å². The summed E-state index contributed by atoms with van der Waals surface area (Å²) >= 11 is 0.